The summed E-state index contributed by atoms with van der Waals surface area (Å²) in [4.78, 5) is 5.99. The summed E-state index contributed by atoms with van der Waals surface area (Å²) in [7, 11) is 1.72. The molecule has 1 aliphatic rings. The van der Waals surface area contributed by atoms with Crippen LogP contribution in [0.15, 0.2) is 70.8 Å². The zero-order valence-electron chi connectivity index (χ0n) is 16.0. The second-order valence-corrected chi connectivity index (χ2v) is 8.75. The first-order valence-corrected chi connectivity index (χ1v) is 10.9. The van der Waals surface area contributed by atoms with Gasteiger partial charge in [0.25, 0.3) is 0 Å². The van der Waals surface area contributed by atoms with E-state index in [2.05, 4.69) is 72.8 Å². The largest absolute Gasteiger partial charge is 0.497 e. The molecule has 1 saturated heterocycles. The lowest BCUT2D eigenvalue weighted by Crippen LogP contribution is -2.43. The third-order valence-corrected chi connectivity index (χ3v) is 7.16. The smallest absolute Gasteiger partial charge is 0.119 e. The quantitative estimate of drug-likeness (QED) is 0.504. The van der Waals surface area contributed by atoms with Gasteiger partial charge in [0.05, 0.1) is 12.6 Å². The first-order chi connectivity index (χ1) is 13.7. The van der Waals surface area contributed by atoms with Crippen LogP contribution in [-0.4, -0.2) is 47.1 Å². The van der Waals surface area contributed by atoms with Gasteiger partial charge in [-0.15, -0.1) is 0 Å². The van der Waals surface area contributed by atoms with E-state index in [-0.39, 0.29) is 0 Å². The van der Waals surface area contributed by atoms with E-state index in [0.717, 1.165) is 42.9 Å². The van der Waals surface area contributed by atoms with Crippen molar-refractivity contribution < 1.29 is 4.74 Å². The number of nitrogens with zero attached hydrogens (tertiary/aromatic N) is 3. The van der Waals surface area contributed by atoms with Gasteiger partial charge in [0.1, 0.15) is 5.75 Å². The van der Waals surface area contributed by atoms with Gasteiger partial charge < -0.3 is 9.64 Å². The van der Waals surface area contributed by atoms with Gasteiger partial charge in [-0.3, -0.25) is 8.87 Å². The van der Waals surface area contributed by atoms with Crippen LogP contribution in [0.3, 0.4) is 0 Å². The molecular weight excluding hydrogens is 434 g/mol. The van der Waals surface area contributed by atoms with Crippen molar-refractivity contribution in [3.8, 4) is 5.75 Å². The van der Waals surface area contributed by atoms with E-state index in [4.69, 9.17) is 4.74 Å². The fourth-order valence-corrected chi connectivity index (χ4v) is 4.99. The number of aromatic nitrogens is 1. The lowest BCUT2D eigenvalue weighted by Gasteiger charge is -2.33. The third-order valence-electron chi connectivity index (χ3n) is 5.15. The molecule has 1 aromatic heterocycles. The zero-order valence-corrected chi connectivity index (χ0v) is 18.4. The predicted molar refractivity (Wildman–Crippen MR) is 121 cm³/mol. The highest BCUT2D eigenvalue weighted by atomic mass is 79.9. The van der Waals surface area contributed by atoms with Crippen LogP contribution in [-0.2, 0) is 6.54 Å². The van der Waals surface area contributed by atoms with Crippen molar-refractivity contribution in [2.45, 2.75) is 11.4 Å². The first-order valence-electron chi connectivity index (χ1n) is 9.38. The summed E-state index contributed by atoms with van der Waals surface area (Å²) in [6, 6.07) is 14.7. The minimum atomic E-state index is 0.897. The number of piperazine rings is 1. The molecule has 6 heteroatoms. The molecule has 0 amide bonds. The Kier molecular flexibility index (Phi) is 5.99. The average molecular weight is 458 g/mol. The minimum absolute atomic E-state index is 0.897. The van der Waals surface area contributed by atoms with E-state index in [1.807, 2.05) is 18.3 Å². The number of ether oxygens (including phenoxy) is 1. The van der Waals surface area contributed by atoms with E-state index in [1.165, 1.54) is 21.4 Å². The van der Waals surface area contributed by atoms with Gasteiger partial charge in [0.15, 0.2) is 0 Å². The Morgan fingerprint density at radius 3 is 2.64 bits per heavy atom. The number of rotatable bonds is 6. The van der Waals surface area contributed by atoms with Crippen LogP contribution in [0.4, 0.5) is 0 Å². The van der Waals surface area contributed by atoms with Crippen molar-refractivity contribution in [2.75, 3.05) is 33.3 Å². The van der Waals surface area contributed by atoms with Gasteiger partial charge in [-0.25, -0.2) is 0 Å². The van der Waals surface area contributed by atoms with Crippen molar-refractivity contribution in [3.63, 3.8) is 0 Å². The fourth-order valence-electron chi connectivity index (χ4n) is 3.54. The molecule has 1 aliphatic heterocycles. The van der Waals surface area contributed by atoms with Gasteiger partial charge >= 0.3 is 0 Å². The molecule has 0 spiro atoms. The Bertz CT molecular complexity index is 979. The molecule has 4 rings (SSSR count). The van der Waals surface area contributed by atoms with E-state index in [9.17, 15) is 0 Å². The number of hydrogen-bond donors (Lipinski definition) is 0. The highest BCUT2D eigenvalue weighted by Crippen LogP contribution is 2.35. The second-order valence-electron chi connectivity index (χ2n) is 6.88. The van der Waals surface area contributed by atoms with Crippen LogP contribution in [0.1, 0.15) is 5.56 Å². The number of fused-ring (bicyclic) bond motifs is 1. The molecule has 2 heterocycles. The standard InChI is InChI=1S/C22H24BrN3OS/c1-3-24-10-12-25(13-11-24)15-17-16-26(28-22-7-5-4-6-20(22)23)21-9-8-18(27-2)14-19(17)21/h3-9,14,16H,1,10-13,15H2,2H3. The topological polar surface area (TPSA) is 20.6 Å². The molecule has 0 saturated carbocycles. The monoisotopic (exact) mass is 457 g/mol. The normalized spacial score (nSPS) is 15.1. The third kappa shape index (κ3) is 4.09. The Balaban J connectivity index is 1.65. The summed E-state index contributed by atoms with van der Waals surface area (Å²) in [5.41, 5.74) is 2.54. The Morgan fingerprint density at radius 2 is 1.93 bits per heavy atom. The van der Waals surface area contributed by atoms with Crippen molar-refractivity contribution in [1.29, 1.82) is 0 Å². The average Bonchev–Trinajstić information content (AvgIpc) is 3.06. The molecule has 146 valence electrons. The molecule has 0 N–H and O–H groups in total. The molecule has 4 nitrogen and oxygen atoms in total. The SMILES string of the molecule is C=CN1CCN(Cc2cn(Sc3ccccc3Br)c3ccc(OC)cc23)CC1. The van der Waals surface area contributed by atoms with Crippen LogP contribution in [0, 0.1) is 0 Å². The van der Waals surface area contributed by atoms with Crippen molar-refractivity contribution >= 4 is 38.8 Å². The minimum Gasteiger partial charge on any atom is -0.497 e. The van der Waals surface area contributed by atoms with Crippen LogP contribution in [0.25, 0.3) is 10.9 Å². The van der Waals surface area contributed by atoms with Crippen LogP contribution >= 0.6 is 27.9 Å². The summed E-state index contributed by atoms with van der Waals surface area (Å²) < 4.78 is 8.86. The second kappa shape index (κ2) is 8.64. The maximum Gasteiger partial charge on any atom is 0.119 e. The van der Waals surface area contributed by atoms with Crippen LogP contribution in [0.5, 0.6) is 5.75 Å². The van der Waals surface area contributed by atoms with E-state index in [1.54, 1.807) is 19.1 Å². The molecule has 0 bridgehead atoms. The van der Waals surface area contributed by atoms with E-state index in [0.29, 0.717) is 0 Å². The Hall–Kier alpha value is -1.89. The number of halogens is 1. The van der Waals surface area contributed by atoms with Crippen molar-refractivity contribution in [3.05, 3.63) is 71.5 Å². The Morgan fingerprint density at radius 1 is 1.14 bits per heavy atom. The molecule has 0 radical (unpaired) electrons. The lowest BCUT2D eigenvalue weighted by molar-refractivity contribution is 0.163. The summed E-state index contributed by atoms with van der Waals surface area (Å²) in [6.07, 6.45) is 4.22. The van der Waals surface area contributed by atoms with Crippen molar-refractivity contribution in [2.24, 2.45) is 0 Å². The van der Waals surface area contributed by atoms with Crippen LogP contribution in [0.2, 0.25) is 0 Å². The van der Waals surface area contributed by atoms with Gasteiger partial charge in [0, 0.05) is 53.7 Å². The van der Waals surface area contributed by atoms with Gasteiger partial charge in [0.2, 0.25) is 0 Å². The maximum absolute atomic E-state index is 5.49. The molecule has 0 atom stereocenters. The van der Waals surface area contributed by atoms with E-state index >= 15 is 0 Å². The van der Waals surface area contributed by atoms with Gasteiger partial charge in [-0.2, -0.15) is 0 Å². The fraction of sp³-hybridized carbons (Fsp3) is 0.273. The molecule has 28 heavy (non-hydrogen) atoms. The van der Waals surface area contributed by atoms with Crippen LogP contribution < -0.4 is 4.74 Å². The summed E-state index contributed by atoms with van der Waals surface area (Å²) >= 11 is 5.40. The van der Waals surface area contributed by atoms with Crippen molar-refractivity contribution in [1.82, 2.24) is 13.8 Å². The highest BCUT2D eigenvalue weighted by molar-refractivity contribution is 9.10. The zero-order chi connectivity index (χ0) is 19.5. The first kappa shape index (κ1) is 19.4. The van der Waals surface area contributed by atoms with Gasteiger partial charge in [-0.05, 0) is 70.0 Å². The molecular formula is C22H24BrN3OS. The Labute approximate surface area is 179 Å². The summed E-state index contributed by atoms with van der Waals surface area (Å²) in [5, 5.41) is 1.25. The molecule has 0 unspecified atom stereocenters. The number of benzene rings is 2. The highest BCUT2D eigenvalue weighted by Gasteiger charge is 2.18. The predicted octanol–water partition coefficient (Wildman–Crippen LogP) is 5.23. The maximum atomic E-state index is 5.49. The molecule has 0 aliphatic carbocycles. The summed E-state index contributed by atoms with van der Waals surface area (Å²) in [6.45, 7) is 9.02. The van der Waals surface area contributed by atoms with Gasteiger partial charge in [-0.1, -0.05) is 18.7 Å². The molecule has 2 aromatic carbocycles. The number of hydrogen-bond acceptors (Lipinski definition) is 4. The number of methoxy groups -OCH3 is 1. The summed E-state index contributed by atoms with van der Waals surface area (Å²) in [5.74, 6) is 0.897. The molecule has 1 fully saturated rings. The lowest BCUT2D eigenvalue weighted by atomic mass is 10.1. The molecule has 3 aromatic rings. The van der Waals surface area contributed by atoms with E-state index < -0.39 is 0 Å².